The number of imidazole rings is 1. The normalized spacial score (nSPS) is 15.5. The zero-order valence-corrected chi connectivity index (χ0v) is 17.2. The summed E-state index contributed by atoms with van der Waals surface area (Å²) in [6, 6.07) is 9.69. The third-order valence-electron chi connectivity index (χ3n) is 4.90. The van der Waals surface area contributed by atoms with Crippen molar-refractivity contribution < 1.29 is 8.42 Å². The van der Waals surface area contributed by atoms with E-state index in [2.05, 4.69) is 21.8 Å². The number of aryl methyl sites for hydroxylation is 3. The van der Waals surface area contributed by atoms with Crippen LogP contribution in [-0.2, 0) is 29.9 Å². The molecule has 0 saturated heterocycles. The third kappa shape index (κ3) is 3.69. The van der Waals surface area contributed by atoms with Gasteiger partial charge in [-0.25, -0.2) is 13.4 Å². The van der Waals surface area contributed by atoms with Gasteiger partial charge in [-0.1, -0.05) is 35.9 Å². The van der Waals surface area contributed by atoms with E-state index in [-0.39, 0.29) is 10.2 Å². The molecule has 0 bridgehead atoms. The van der Waals surface area contributed by atoms with E-state index in [0.29, 0.717) is 0 Å². The van der Waals surface area contributed by atoms with Crippen LogP contribution < -0.4 is 4.72 Å². The Kier molecular flexibility index (Phi) is 5.11. The van der Waals surface area contributed by atoms with E-state index in [0.717, 1.165) is 23.3 Å². The first-order valence-corrected chi connectivity index (χ1v) is 11.5. The fraction of sp³-hybridized carbons (Fsp3) is 0.316. The van der Waals surface area contributed by atoms with Crippen molar-refractivity contribution in [2.75, 3.05) is 0 Å². The molecule has 1 aliphatic carbocycles. The van der Waals surface area contributed by atoms with Crippen LogP contribution in [-0.4, -0.2) is 18.0 Å². The number of benzene rings is 1. The van der Waals surface area contributed by atoms with Crippen molar-refractivity contribution in [2.45, 2.75) is 36.8 Å². The summed E-state index contributed by atoms with van der Waals surface area (Å²) in [5.41, 5.74) is 3.62. The fourth-order valence-corrected chi connectivity index (χ4v) is 5.97. The third-order valence-corrected chi connectivity index (χ3v) is 7.74. The summed E-state index contributed by atoms with van der Waals surface area (Å²) in [6.45, 7) is 0. The van der Waals surface area contributed by atoms with Gasteiger partial charge in [-0.2, -0.15) is 4.72 Å². The highest BCUT2D eigenvalue weighted by molar-refractivity contribution is 7.89. The quantitative estimate of drug-likeness (QED) is 0.675. The number of rotatable bonds is 5. The van der Waals surface area contributed by atoms with Crippen molar-refractivity contribution >= 4 is 33.0 Å². The van der Waals surface area contributed by atoms with Crippen LogP contribution in [0.4, 0.5) is 0 Å². The molecule has 5 nitrogen and oxygen atoms in total. The maximum absolute atomic E-state index is 13.0. The summed E-state index contributed by atoms with van der Waals surface area (Å²) in [7, 11) is -2.21. The average Bonchev–Trinajstić information content (AvgIpc) is 3.30. The number of nitrogens with zero attached hydrogens (tertiary/aromatic N) is 2. The number of nitrogens with one attached hydrogen (secondary N) is 1. The Balaban J connectivity index is 1.74. The lowest BCUT2D eigenvalue weighted by atomic mass is 9.89. The topological polar surface area (TPSA) is 64.0 Å². The van der Waals surface area contributed by atoms with Gasteiger partial charge in [-0.3, -0.25) is 0 Å². The highest BCUT2D eigenvalue weighted by Gasteiger charge is 2.28. The molecule has 3 aromatic rings. The number of fused-ring (bicyclic) bond motifs is 1. The van der Waals surface area contributed by atoms with Crippen LogP contribution in [0.15, 0.2) is 47.1 Å². The molecule has 1 atom stereocenters. The number of halogens is 1. The summed E-state index contributed by atoms with van der Waals surface area (Å²) >= 11 is 7.65. The second-order valence-electron chi connectivity index (χ2n) is 6.76. The zero-order valence-electron chi connectivity index (χ0n) is 14.9. The standard InChI is InChI=1S/C19H20ClN3O2S2/c1-23-12-21-19(18(23)20)27(24,25)22-17(16-7-4-10-26-16)15-9-8-13-5-2-3-6-14(13)11-15/h4,7-12,17,22H,2-3,5-6H2,1H3. The Bertz CT molecular complexity index is 1060. The summed E-state index contributed by atoms with van der Waals surface area (Å²) in [6.07, 6.45) is 5.92. The van der Waals surface area contributed by atoms with Gasteiger partial charge in [0.15, 0.2) is 0 Å². The Labute approximate surface area is 168 Å². The second kappa shape index (κ2) is 7.39. The molecule has 142 valence electrons. The van der Waals surface area contributed by atoms with Crippen LogP contribution in [0.5, 0.6) is 0 Å². The van der Waals surface area contributed by atoms with Crippen molar-refractivity contribution in [3.8, 4) is 0 Å². The van der Waals surface area contributed by atoms with Gasteiger partial charge in [0.25, 0.3) is 10.0 Å². The molecule has 8 heteroatoms. The molecule has 27 heavy (non-hydrogen) atoms. The van der Waals surface area contributed by atoms with Gasteiger partial charge < -0.3 is 4.57 Å². The van der Waals surface area contributed by atoms with Gasteiger partial charge >= 0.3 is 0 Å². The lowest BCUT2D eigenvalue weighted by Gasteiger charge is -2.21. The summed E-state index contributed by atoms with van der Waals surface area (Å²) in [4.78, 5) is 4.90. The molecular weight excluding hydrogens is 402 g/mol. The van der Waals surface area contributed by atoms with Crippen LogP contribution in [0.2, 0.25) is 5.15 Å². The molecule has 0 fully saturated rings. The second-order valence-corrected chi connectivity index (χ2v) is 9.72. The molecule has 0 radical (unpaired) electrons. The van der Waals surface area contributed by atoms with Crippen LogP contribution >= 0.6 is 22.9 Å². The Morgan fingerprint density at radius 1 is 1.22 bits per heavy atom. The monoisotopic (exact) mass is 421 g/mol. The zero-order chi connectivity index (χ0) is 19.0. The molecule has 0 spiro atoms. The molecule has 4 rings (SSSR count). The van der Waals surface area contributed by atoms with E-state index < -0.39 is 16.1 Å². The van der Waals surface area contributed by atoms with E-state index in [4.69, 9.17) is 11.6 Å². The molecule has 0 amide bonds. The maximum atomic E-state index is 13.0. The molecule has 2 aromatic heterocycles. The first-order chi connectivity index (χ1) is 13.0. The molecule has 0 saturated carbocycles. The van der Waals surface area contributed by atoms with Crippen molar-refractivity contribution in [3.63, 3.8) is 0 Å². The number of hydrogen-bond donors (Lipinski definition) is 1. The molecule has 0 aliphatic heterocycles. The Morgan fingerprint density at radius 3 is 2.67 bits per heavy atom. The largest absolute Gasteiger partial charge is 0.324 e. The number of thiophene rings is 1. The first-order valence-electron chi connectivity index (χ1n) is 8.80. The smallest absolute Gasteiger partial charge is 0.262 e. The van der Waals surface area contributed by atoms with Crippen LogP contribution in [0, 0.1) is 0 Å². The minimum absolute atomic E-state index is 0.0953. The maximum Gasteiger partial charge on any atom is 0.262 e. The van der Waals surface area contributed by atoms with Crippen LogP contribution in [0.3, 0.4) is 0 Å². The van der Waals surface area contributed by atoms with Gasteiger partial charge in [0.2, 0.25) is 5.03 Å². The summed E-state index contributed by atoms with van der Waals surface area (Å²) in [5.74, 6) is 0. The van der Waals surface area contributed by atoms with Crippen molar-refractivity contribution in [3.05, 3.63) is 68.8 Å². The summed E-state index contributed by atoms with van der Waals surface area (Å²) in [5, 5.41) is 1.90. The van der Waals surface area contributed by atoms with Gasteiger partial charge in [-0.05, 0) is 53.8 Å². The first kappa shape index (κ1) is 18.7. The van der Waals surface area contributed by atoms with Gasteiger partial charge in [0.1, 0.15) is 5.15 Å². The van der Waals surface area contributed by atoms with Crippen molar-refractivity contribution in [2.24, 2.45) is 7.05 Å². The summed E-state index contributed by atoms with van der Waals surface area (Å²) < 4.78 is 30.2. The molecular formula is C19H20ClN3O2S2. The van der Waals surface area contributed by atoms with Gasteiger partial charge in [0, 0.05) is 11.9 Å². The lowest BCUT2D eigenvalue weighted by Crippen LogP contribution is -2.29. The van der Waals surface area contributed by atoms with Crippen molar-refractivity contribution in [1.82, 2.24) is 14.3 Å². The Hall–Kier alpha value is -1.67. The molecule has 1 N–H and O–H groups in total. The van der Waals surface area contributed by atoms with Crippen LogP contribution in [0.25, 0.3) is 0 Å². The molecule has 2 heterocycles. The Morgan fingerprint density at radius 2 is 2.00 bits per heavy atom. The van der Waals surface area contributed by atoms with E-state index in [1.807, 2.05) is 23.6 Å². The minimum Gasteiger partial charge on any atom is -0.324 e. The van der Waals surface area contributed by atoms with Gasteiger partial charge in [-0.15, -0.1) is 11.3 Å². The van der Waals surface area contributed by atoms with Crippen molar-refractivity contribution in [1.29, 1.82) is 0 Å². The number of hydrogen-bond acceptors (Lipinski definition) is 4. The van der Waals surface area contributed by atoms with E-state index in [1.165, 1.54) is 46.2 Å². The lowest BCUT2D eigenvalue weighted by molar-refractivity contribution is 0.569. The highest BCUT2D eigenvalue weighted by Crippen LogP contribution is 2.32. The fourth-order valence-electron chi connectivity index (χ4n) is 3.46. The predicted octanol–water partition coefficient (Wildman–Crippen LogP) is 4.08. The van der Waals surface area contributed by atoms with E-state index in [9.17, 15) is 8.42 Å². The van der Waals surface area contributed by atoms with E-state index in [1.54, 1.807) is 7.05 Å². The van der Waals surface area contributed by atoms with E-state index >= 15 is 0 Å². The van der Waals surface area contributed by atoms with Gasteiger partial charge in [0.05, 0.1) is 12.4 Å². The molecule has 1 aromatic carbocycles. The molecule has 1 unspecified atom stereocenters. The SMILES string of the molecule is Cn1cnc(S(=O)(=O)NC(c2ccc3c(c2)CCCC3)c2cccs2)c1Cl. The van der Waals surface area contributed by atoms with Crippen LogP contribution in [0.1, 0.15) is 40.5 Å². The number of sulfonamides is 1. The average molecular weight is 422 g/mol. The highest BCUT2D eigenvalue weighted by atomic mass is 35.5. The predicted molar refractivity (Wildman–Crippen MR) is 108 cm³/mol. The minimum atomic E-state index is -3.87. The number of aromatic nitrogens is 2. The molecule has 1 aliphatic rings.